The highest BCUT2D eigenvalue weighted by atomic mass is 19.1. The van der Waals surface area contributed by atoms with E-state index in [2.05, 4.69) is 20.6 Å². The first-order chi connectivity index (χ1) is 12.4. The Hall–Kier alpha value is -3.35. The van der Waals surface area contributed by atoms with Crippen LogP contribution >= 0.6 is 0 Å². The third-order valence-electron chi connectivity index (χ3n) is 3.57. The van der Waals surface area contributed by atoms with E-state index in [4.69, 9.17) is 0 Å². The molecule has 2 aromatic carbocycles. The van der Waals surface area contributed by atoms with Gasteiger partial charge in [-0.3, -0.25) is 4.79 Å². The largest absolute Gasteiger partial charge is 0.322 e. The van der Waals surface area contributed by atoms with Gasteiger partial charge in [-0.05, 0) is 49.2 Å². The third kappa shape index (κ3) is 4.18. The maximum absolute atomic E-state index is 13.6. The zero-order chi connectivity index (χ0) is 18.7. The molecule has 0 aliphatic rings. The molecular formula is C19H16F2N4O. The van der Waals surface area contributed by atoms with Crippen molar-refractivity contribution in [2.45, 2.75) is 13.8 Å². The number of hydrogen-bond acceptors (Lipinski definition) is 4. The summed E-state index contributed by atoms with van der Waals surface area (Å²) in [7, 11) is 0. The van der Waals surface area contributed by atoms with Gasteiger partial charge >= 0.3 is 0 Å². The second-order valence-electron chi connectivity index (χ2n) is 5.88. The molecule has 3 aromatic rings. The third-order valence-corrected chi connectivity index (χ3v) is 3.57. The number of halogens is 2. The summed E-state index contributed by atoms with van der Waals surface area (Å²) in [4.78, 5) is 20.3. The van der Waals surface area contributed by atoms with Crippen molar-refractivity contribution in [3.63, 3.8) is 0 Å². The fraction of sp³-hybridized carbons (Fsp3) is 0.105. The van der Waals surface area contributed by atoms with E-state index in [-0.39, 0.29) is 23.1 Å². The Labute approximate surface area is 149 Å². The van der Waals surface area contributed by atoms with Crippen LogP contribution in [0, 0.1) is 25.5 Å². The van der Waals surface area contributed by atoms with Crippen LogP contribution in [0.4, 0.5) is 26.1 Å². The van der Waals surface area contributed by atoms with E-state index in [9.17, 15) is 13.6 Å². The van der Waals surface area contributed by atoms with E-state index in [1.165, 1.54) is 18.5 Å². The van der Waals surface area contributed by atoms with Gasteiger partial charge in [0.2, 0.25) is 5.95 Å². The highest BCUT2D eigenvalue weighted by molar-refractivity contribution is 6.04. The summed E-state index contributed by atoms with van der Waals surface area (Å²) in [5, 5.41) is 5.42. The first kappa shape index (κ1) is 17.5. The van der Waals surface area contributed by atoms with Crippen LogP contribution in [0.2, 0.25) is 0 Å². The zero-order valence-electron chi connectivity index (χ0n) is 14.2. The van der Waals surface area contributed by atoms with Gasteiger partial charge in [0, 0.05) is 24.1 Å². The Balaban J connectivity index is 1.71. The first-order valence-electron chi connectivity index (χ1n) is 7.84. The van der Waals surface area contributed by atoms with Crippen molar-refractivity contribution >= 4 is 23.2 Å². The highest BCUT2D eigenvalue weighted by Gasteiger charge is 2.10. The standard InChI is InChI=1S/C19H16F2N4O/c1-11-5-12(2)7-15(6-11)24-18(26)13-9-22-19(23-10-13)25-17-4-3-14(20)8-16(17)21/h3-10H,1-2H3,(H,24,26)(H,22,23,25). The smallest absolute Gasteiger partial charge is 0.258 e. The van der Waals surface area contributed by atoms with Crippen molar-refractivity contribution in [3.05, 3.63) is 77.1 Å². The second-order valence-corrected chi connectivity index (χ2v) is 5.88. The summed E-state index contributed by atoms with van der Waals surface area (Å²) in [6, 6.07) is 8.85. The average Bonchev–Trinajstić information content (AvgIpc) is 2.57. The number of hydrogen-bond donors (Lipinski definition) is 2. The molecule has 0 radical (unpaired) electrons. The molecule has 3 rings (SSSR count). The SMILES string of the molecule is Cc1cc(C)cc(NC(=O)c2cnc(Nc3ccc(F)cc3F)nc2)c1. The van der Waals surface area contributed by atoms with Gasteiger partial charge in [-0.15, -0.1) is 0 Å². The summed E-state index contributed by atoms with van der Waals surface area (Å²) < 4.78 is 26.5. The first-order valence-corrected chi connectivity index (χ1v) is 7.84. The van der Waals surface area contributed by atoms with Gasteiger partial charge in [-0.1, -0.05) is 6.07 Å². The van der Waals surface area contributed by atoms with Crippen LogP contribution in [0.3, 0.4) is 0 Å². The lowest BCUT2D eigenvalue weighted by Crippen LogP contribution is -2.13. The number of carbonyl (C=O) groups is 1. The fourth-order valence-corrected chi connectivity index (χ4v) is 2.47. The Morgan fingerprint density at radius 1 is 0.962 bits per heavy atom. The molecule has 0 unspecified atom stereocenters. The van der Waals surface area contributed by atoms with Crippen LogP contribution in [-0.2, 0) is 0 Å². The van der Waals surface area contributed by atoms with Gasteiger partial charge in [0.25, 0.3) is 5.91 Å². The molecule has 7 heteroatoms. The number of nitrogens with one attached hydrogen (secondary N) is 2. The van der Waals surface area contributed by atoms with E-state index < -0.39 is 11.6 Å². The molecule has 26 heavy (non-hydrogen) atoms. The number of rotatable bonds is 4. The average molecular weight is 354 g/mol. The molecule has 1 heterocycles. The minimum absolute atomic E-state index is 0.0406. The van der Waals surface area contributed by atoms with Gasteiger partial charge in [-0.2, -0.15) is 0 Å². The predicted octanol–water partition coefficient (Wildman–Crippen LogP) is 4.37. The van der Waals surface area contributed by atoms with E-state index >= 15 is 0 Å². The quantitative estimate of drug-likeness (QED) is 0.730. The Bertz CT molecular complexity index is 938. The van der Waals surface area contributed by atoms with Gasteiger partial charge in [-0.25, -0.2) is 18.7 Å². The molecule has 0 atom stereocenters. The second kappa shape index (κ2) is 7.26. The summed E-state index contributed by atoms with van der Waals surface area (Å²) in [5.41, 5.74) is 3.06. The van der Waals surface area contributed by atoms with Gasteiger partial charge < -0.3 is 10.6 Å². The van der Waals surface area contributed by atoms with Crippen molar-refractivity contribution < 1.29 is 13.6 Å². The van der Waals surface area contributed by atoms with Gasteiger partial charge in [0.15, 0.2) is 0 Å². The molecule has 132 valence electrons. The number of aryl methyl sites for hydroxylation is 2. The molecule has 0 spiro atoms. The van der Waals surface area contributed by atoms with Gasteiger partial charge in [0.1, 0.15) is 11.6 Å². The van der Waals surface area contributed by atoms with Crippen molar-refractivity contribution in [1.82, 2.24) is 9.97 Å². The minimum atomic E-state index is -0.759. The molecule has 0 bridgehead atoms. The molecule has 0 aliphatic carbocycles. The lowest BCUT2D eigenvalue weighted by Gasteiger charge is -2.08. The van der Waals surface area contributed by atoms with Gasteiger partial charge in [0.05, 0.1) is 11.3 Å². The van der Waals surface area contributed by atoms with Crippen LogP contribution < -0.4 is 10.6 Å². The van der Waals surface area contributed by atoms with E-state index in [1.54, 1.807) is 0 Å². The number of aromatic nitrogens is 2. The maximum Gasteiger partial charge on any atom is 0.258 e. The molecule has 1 amide bonds. The predicted molar refractivity (Wildman–Crippen MR) is 95.5 cm³/mol. The summed E-state index contributed by atoms with van der Waals surface area (Å²) in [6.07, 6.45) is 2.66. The molecule has 5 nitrogen and oxygen atoms in total. The molecule has 0 aliphatic heterocycles. The Morgan fingerprint density at radius 3 is 2.23 bits per heavy atom. The lowest BCUT2D eigenvalue weighted by atomic mass is 10.1. The number of anilines is 3. The van der Waals surface area contributed by atoms with Crippen molar-refractivity contribution in [1.29, 1.82) is 0 Å². The van der Waals surface area contributed by atoms with Crippen molar-refractivity contribution in [2.24, 2.45) is 0 Å². The fourth-order valence-electron chi connectivity index (χ4n) is 2.47. The minimum Gasteiger partial charge on any atom is -0.322 e. The highest BCUT2D eigenvalue weighted by Crippen LogP contribution is 2.19. The maximum atomic E-state index is 13.6. The van der Waals surface area contributed by atoms with Crippen LogP contribution in [-0.4, -0.2) is 15.9 Å². The zero-order valence-corrected chi connectivity index (χ0v) is 14.2. The summed E-state index contributed by atoms with van der Waals surface area (Å²) >= 11 is 0. The lowest BCUT2D eigenvalue weighted by molar-refractivity contribution is 0.102. The monoisotopic (exact) mass is 354 g/mol. The molecule has 0 saturated carbocycles. The Kier molecular flexibility index (Phi) is 4.88. The van der Waals surface area contributed by atoms with E-state index in [0.717, 1.165) is 23.3 Å². The van der Waals surface area contributed by atoms with Crippen LogP contribution in [0.1, 0.15) is 21.5 Å². The summed E-state index contributed by atoms with van der Waals surface area (Å²) in [6.45, 7) is 3.89. The van der Waals surface area contributed by atoms with Crippen LogP contribution in [0.25, 0.3) is 0 Å². The van der Waals surface area contributed by atoms with E-state index in [0.29, 0.717) is 5.69 Å². The number of carbonyl (C=O) groups excluding carboxylic acids is 1. The molecule has 1 aromatic heterocycles. The number of nitrogens with zero attached hydrogens (tertiary/aromatic N) is 2. The normalized spacial score (nSPS) is 10.5. The number of amides is 1. The van der Waals surface area contributed by atoms with Crippen molar-refractivity contribution in [3.8, 4) is 0 Å². The van der Waals surface area contributed by atoms with Crippen LogP contribution in [0.15, 0.2) is 48.8 Å². The van der Waals surface area contributed by atoms with E-state index in [1.807, 2.05) is 32.0 Å². The molecule has 0 saturated heterocycles. The van der Waals surface area contributed by atoms with Crippen molar-refractivity contribution in [2.75, 3.05) is 10.6 Å². The molecule has 2 N–H and O–H groups in total. The topological polar surface area (TPSA) is 66.9 Å². The molecular weight excluding hydrogens is 338 g/mol. The Morgan fingerprint density at radius 2 is 1.62 bits per heavy atom. The molecule has 0 fully saturated rings. The van der Waals surface area contributed by atoms with Crippen LogP contribution in [0.5, 0.6) is 0 Å². The number of benzene rings is 2. The summed E-state index contributed by atoms with van der Waals surface area (Å²) in [5.74, 6) is -1.69.